The first kappa shape index (κ1) is 18.4. The average Bonchev–Trinajstić information content (AvgIpc) is 3.20. The van der Waals surface area contributed by atoms with Crippen LogP contribution in [0.25, 0.3) is 0 Å². The molecule has 2 heterocycles. The van der Waals surface area contributed by atoms with Crippen molar-refractivity contribution in [2.24, 2.45) is 5.10 Å². The summed E-state index contributed by atoms with van der Waals surface area (Å²) in [6, 6.07) is 15.2. The number of anilines is 1. The number of hydrazone groups is 1. The number of nitrogens with zero attached hydrogens (tertiary/aromatic N) is 3. The lowest BCUT2D eigenvalue weighted by Crippen LogP contribution is -2.25. The van der Waals surface area contributed by atoms with Crippen molar-refractivity contribution < 1.29 is 18.7 Å². The first-order valence-electron chi connectivity index (χ1n) is 8.85. The lowest BCUT2D eigenvalue weighted by atomic mass is 10.2. The molecule has 8 nitrogen and oxygen atoms in total. The molecule has 144 valence electrons. The van der Waals surface area contributed by atoms with Crippen LogP contribution in [-0.4, -0.2) is 23.6 Å². The van der Waals surface area contributed by atoms with E-state index in [1.165, 1.54) is 12.1 Å². The molecule has 1 atom stereocenters. The van der Waals surface area contributed by atoms with E-state index in [0.29, 0.717) is 29.8 Å². The highest BCUT2D eigenvalue weighted by Gasteiger charge is 2.46. The zero-order valence-electron chi connectivity index (χ0n) is 15.1. The summed E-state index contributed by atoms with van der Waals surface area (Å²) in [6.45, 7) is 2.41. The van der Waals surface area contributed by atoms with Crippen LogP contribution >= 0.6 is 7.37 Å². The van der Waals surface area contributed by atoms with Gasteiger partial charge in [0.2, 0.25) is 5.88 Å². The van der Waals surface area contributed by atoms with Gasteiger partial charge < -0.3 is 9.26 Å². The van der Waals surface area contributed by atoms with E-state index >= 15 is 0 Å². The maximum absolute atomic E-state index is 13.9. The highest BCUT2D eigenvalue weighted by atomic mass is 31.2. The molecule has 2 aliphatic heterocycles. The quantitative estimate of drug-likeness (QED) is 0.412. The second-order valence-corrected chi connectivity index (χ2v) is 8.52. The van der Waals surface area contributed by atoms with Gasteiger partial charge in [-0.15, -0.1) is 0 Å². The molecule has 0 aliphatic carbocycles. The van der Waals surface area contributed by atoms with Crippen LogP contribution in [0.5, 0.6) is 0 Å². The number of benzene rings is 2. The topological polar surface area (TPSA) is 94.3 Å². The SMILES string of the molecule is CCOP1(=O)C(c2ccc([N+](=O)[O-])cc2)=NN(c2ccccc2)C2=C1CCO2. The van der Waals surface area contributed by atoms with Crippen molar-refractivity contribution in [3.63, 3.8) is 0 Å². The maximum Gasteiger partial charge on any atom is 0.283 e. The van der Waals surface area contributed by atoms with Crippen molar-refractivity contribution in [3.8, 4) is 0 Å². The van der Waals surface area contributed by atoms with E-state index < -0.39 is 12.3 Å². The predicted octanol–water partition coefficient (Wildman–Crippen LogP) is 4.68. The largest absolute Gasteiger partial charge is 0.477 e. The summed E-state index contributed by atoms with van der Waals surface area (Å²) >= 11 is 0. The van der Waals surface area contributed by atoms with E-state index in [1.807, 2.05) is 30.3 Å². The molecule has 0 bridgehead atoms. The molecule has 0 N–H and O–H groups in total. The second-order valence-electron chi connectivity index (χ2n) is 6.19. The van der Waals surface area contributed by atoms with Crippen LogP contribution in [0.3, 0.4) is 0 Å². The van der Waals surface area contributed by atoms with Gasteiger partial charge in [-0.05, 0) is 31.2 Å². The Morgan fingerprint density at radius 3 is 2.57 bits per heavy atom. The van der Waals surface area contributed by atoms with Gasteiger partial charge in [-0.3, -0.25) is 14.7 Å². The number of hydrogen-bond donors (Lipinski definition) is 0. The Bertz CT molecular complexity index is 1020. The van der Waals surface area contributed by atoms with Gasteiger partial charge in [-0.2, -0.15) is 10.1 Å². The van der Waals surface area contributed by atoms with Crippen molar-refractivity contribution in [1.82, 2.24) is 0 Å². The van der Waals surface area contributed by atoms with Gasteiger partial charge in [0.15, 0.2) is 5.45 Å². The number of rotatable bonds is 5. The zero-order valence-corrected chi connectivity index (χ0v) is 16.0. The van der Waals surface area contributed by atoms with Gasteiger partial charge in [0.1, 0.15) is 0 Å². The molecule has 0 fully saturated rings. The highest BCUT2D eigenvalue weighted by molar-refractivity contribution is 7.81. The second kappa shape index (κ2) is 7.22. The molecule has 2 aromatic rings. The summed E-state index contributed by atoms with van der Waals surface area (Å²) in [5, 5.41) is 17.8. The Kier molecular flexibility index (Phi) is 4.75. The lowest BCUT2D eigenvalue weighted by molar-refractivity contribution is -0.384. The normalized spacial score (nSPS) is 21.2. The minimum absolute atomic E-state index is 0.0459. The molecule has 9 heteroatoms. The smallest absolute Gasteiger partial charge is 0.283 e. The Morgan fingerprint density at radius 2 is 1.93 bits per heavy atom. The summed E-state index contributed by atoms with van der Waals surface area (Å²) in [5.74, 6) is 0.439. The third-order valence-electron chi connectivity index (χ3n) is 4.49. The number of ether oxygens (including phenoxy) is 1. The minimum atomic E-state index is -3.45. The van der Waals surface area contributed by atoms with Gasteiger partial charge in [0.25, 0.3) is 13.1 Å². The monoisotopic (exact) mass is 399 g/mol. The Labute approximate surface area is 161 Å². The van der Waals surface area contributed by atoms with Gasteiger partial charge in [0, 0.05) is 24.1 Å². The molecular formula is C19H18N3O5P. The number of para-hydroxylation sites is 1. The molecule has 4 rings (SSSR count). The fraction of sp³-hybridized carbons (Fsp3) is 0.211. The predicted molar refractivity (Wildman–Crippen MR) is 105 cm³/mol. The van der Waals surface area contributed by atoms with Crippen molar-refractivity contribution in [3.05, 3.63) is 81.5 Å². The minimum Gasteiger partial charge on any atom is -0.477 e. The lowest BCUT2D eigenvalue weighted by Gasteiger charge is -2.30. The van der Waals surface area contributed by atoms with E-state index in [9.17, 15) is 14.7 Å². The van der Waals surface area contributed by atoms with Crippen LogP contribution in [-0.2, 0) is 13.8 Å². The van der Waals surface area contributed by atoms with Crippen molar-refractivity contribution in [1.29, 1.82) is 0 Å². The molecule has 0 saturated heterocycles. The molecule has 0 spiro atoms. The van der Waals surface area contributed by atoms with E-state index in [0.717, 1.165) is 5.69 Å². The Morgan fingerprint density at radius 1 is 1.21 bits per heavy atom. The zero-order chi connectivity index (χ0) is 19.7. The highest BCUT2D eigenvalue weighted by Crippen LogP contribution is 2.64. The molecule has 2 aliphatic rings. The molecule has 0 radical (unpaired) electrons. The Balaban J connectivity index is 1.87. The fourth-order valence-electron chi connectivity index (χ4n) is 3.24. The molecule has 28 heavy (non-hydrogen) atoms. The summed E-state index contributed by atoms with van der Waals surface area (Å²) < 4.78 is 25.4. The van der Waals surface area contributed by atoms with Crippen molar-refractivity contribution >= 4 is 24.2 Å². The summed E-state index contributed by atoms with van der Waals surface area (Å²) in [4.78, 5) is 10.5. The summed E-state index contributed by atoms with van der Waals surface area (Å²) in [6.07, 6.45) is 0.474. The standard InChI is InChI=1S/C19H18N3O5P/c1-2-27-28(25)17-12-13-26-19(17)21(15-6-4-3-5-7-15)20-18(28)14-8-10-16(11-9-14)22(23)24/h3-11H,2,12-13H2,1H3. The fourth-order valence-corrected chi connectivity index (χ4v) is 5.63. The number of non-ortho nitro benzene ring substituents is 1. The number of nitro groups is 1. The molecule has 1 unspecified atom stereocenters. The van der Waals surface area contributed by atoms with Crippen LogP contribution in [0, 0.1) is 10.1 Å². The molecule has 0 amide bonds. The van der Waals surface area contributed by atoms with E-state index in [4.69, 9.17) is 9.26 Å². The van der Waals surface area contributed by atoms with Crippen LogP contribution < -0.4 is 5.01 Å². The summed E-state index contributed by atoms with van der Waals surface area (Å²) in [5.41, 5.74) is 1.49. The third kappa shape index (κ3) is 3.00. The van der Waals surface area contributed by atoms with E-state index in [2.05, 4.69) is 5.10 Å². The first-order chi connectivity index (χ1) is 13.5. The van der Waals surface area contributed by atoms with Gasteiger partial charge >= 0.3 is 0 Å². The molecular weight excluding hydrogens is 381 g/mol. The van der Waals surface area contributed by atoms with Crippen LogP contribution in [0.15, 0.2) is 70.9 Å². The van der Waals surface area contributed by atoms with Gasteiger partial charge in [0.05, 0.1) is 29.1 Å². The number of hydrogen-bond acceptors (Lipinski definition) is 7. The first-order valence-corrected chi connectivity index (χ1v) is 10.5. The van der Waals surface area contributed by atoms with Crippen LogP contribution in [0.4, 0.5) is 11.4 Å². The van der Waals surface area contributed by atoms with Gasteiger partial charge in [-0.1, -0.05) is 18.2 Å². The summed E-state index contributed by atoms with van der Waals surface area (Å²) in [7, 11) is -3.45. The van der Waals surface area contributed by atoms with Gasteiger partial charge in [-0.25, -0.2) is 0 Å². The Hall–Kier alpha value is -2.96. The van der Waals surface area contributed by atoms with Crippen LogP contribution in [0.1, 0.15) is 18.9 Å². The van der Waals surface area contributed by atoms with E-state index in [1.54, 1.807) is 24.1 Å². The third-order valence-corrected chi connectivity index (χ3v) is 7.15. The van der Waals surface area contributed by atoms with Crippen molar-refractivity contribution in [2.45, 2.75) is 13.3 Å². The van der Waals surface area contributed by atoms with Crippen molar-refractivity contribution in [2.75, 3.05) is 18.2 Å². The number of nitro benzene ring substituents is 1. The maximum atomic E-state index is 13.9. The average molecular weight is 399 g/mol. The molecule has 2 aromatic carbocycles. The molecule has 0 aromatic heterocycles. The van der Waals surface area contributed by atoms with Crippen LogP contribution in [0.2, 0.25) is 0 Å². The molecule has 0 saturated carbocycles. The van der Waals surface area contributed by atoms with E-state index in [-0.39, 0.29) is 17.7 Å².